The van der Waals surface area contributed by atoms with Gasteiger partial charge in [0.1, 0.15) is 0 Å². The summed E-state index contributed by atoms with van der Waals surface area (Å²) < 4.78 is 64.2. The second-order valence-electron chi connectivity index (χ2n) is 1.54. The van der Waals surface area contributed by atoms with Gasteiger partial charge in [0.25, 0.3) is 0 Å². The summed E-state index contributed by atoms with van der Waals surface area (Å²) in [5, 5.41) is -4.57. The Morgan fingerprint density at radius 3 is 0.786 bits per heavy atom. The molecule has 0 aliphatic rings. The van der Waals surface area contributed by atoms with Crippen LogP contribution >= 0.6 is 23.2 Å². The second kappa shape index (κ2) is 5.40. The van der Waals surface area contributed by atoms with Crippen LogP contribution in [0.15, 0.2) is 0 Å². The van der Waals surface area contributed by atoms with Gasteiger partial charge in [-0.3, -0.25) is 9.59 Å². The zero-order chi connectivity index (χ0) is 12.2. The fraction of sp³-hybridized carbons (Fsp3) is 0.500. The Morgan fingerprint density at radius 2 is 0.786 bits per heavy atom. The van der Waals surface area contributed by atoms with E-state index < -0.39 is 22.8 Å². The fourth-order valence-corrected chi connectivity index (χ4v) is 0. The highest BCUT2D eigenvalue weighted by Crippen LogP contribution is 2.17. The maximum absolute atomic E-state index is 10.7. The maximum atomic E-state index is 10.7. The Labute approximate surface area is 82.8 Å². The van der Waals surface area contributed by atoms with Gasteiger partial charge in [-0.15, -0.1) is 0 Å². The van der Waals surface area contributed by atoms with Gasteiger partial charge in [-0.1, -0.05) is 0 Å². The molecule has 10 heteroatoms. The van der Waals surface area contributed by atoms with Crippen molar-refractivity contribution in [2.75, 3.05) is 0 Å². The van der Waals surface area contributed by atoms with Crippen LogP contribution in [-0.2, 0) is 9.59 Å². The van der Waals surface area contributed by atoms with E-state index in [9.17, 15) is 26.3 Å². The monoisotopic (exact) mass is 264 g/mol. The summed E-state index contributed by atoms with van der Waals surface area (Å²) in [7, 11) is 0. The van der Waals surface area contributed by atoms with E-state index in [2.05, 4.69) is 23.2 Å². The largest absolute Gasteiger partial charge is 0.466 e. The molecule has 0 saturated heterocycles. The average molecular weight is 265 g/mol. The van der Waals surface area contributed by atoms with Crippen molar-refractivity contribution < 1.29 is 35.9 Å². The molecule has 0 aromatic carbocycles. The molecule has 0 saturated carbocycles. The third-order valence-corrected chi connectivity index (χ3v) is 0.874. The molecule has 14 heavy (non-hydrogen) atoms. The van der Waals surface area contributed by atoms with Crippen LogP contribution in [0.25, 0.3) is 0 Å². The van der Waals surface area contributed by atoms with Crippen molar-refractivity contribution in [1.29, 1.82) is 0 Å². The van der Waals surface area contributed by atoms with Gasteiger partial charge in [-0.2, -0.15) is 26.3 Å². The summed E-state index contributed by atoms with van der Waals surface area (Å²) in [6.45, 7) is 0. The quantitative estimate of drug-likeness (QED) is 0.498. The zero-order valence-corrected chi connectivity index (χ0v) is 7.35. The Balaban J connectivity index is 0. The maximum Gasteiger partial charge on any atom is 0.466 e. The van der Waals surface area contributed by atoms with Crippen LogP contribution in [0.3, 0.4) is 0 Å². The molecular weight excluding hydrogens is 265 g/mol. The van der Waals surface area contributed by atoms with Gasteiger partial charge in [-0.05, 0) is 23.2 Å². The lowest BCUT2D eigenvalue weighted by atomic mass is 10.8. The highest BCUT2D eigenvalue weighted by Gasteiger charge is 2.37. The zero-order valence-electron chi connectivity index (χ0n) is 5.84. The molecule has 0 aliphatic heterocycles. The number of carbonyl (C=O) groups is 2. The summed E-state index contributed by atoms with van der Waals surface area (Å²) in [4.78, 5) is 18.2. The van der Waals surface area contributed by atoms with E-state index in [0.29, 0.717) is 0 Å². The molecule has 84 valence electrons. The first-order valence-corrected chi connectivity index (χ1v) is 3.18. The number of rotatable bonds is 0. The van der Waals surface area contributed by atoms with E-state index in [0.717, 1.165) is 0 Å². The lowest BCUT2D eigenvalue weighted by Crippen LogP contribution is -2.15. The van der Waals surface area contributed by atoms with Crippen molar-refractivity contribution in [2.24, 2.45) is 0 Å². The molecule has 0 atom stereocenters. The number of hydrogen-bond acceptors (Lipinski definition) is 2. The van der Waals surface area contributed by atoms with Gasteiger partial charge < -0.3 is 0 Å². The molecule has 0 bridgehead atoms. The predicted molar refractivity (Wildman–Crippen MR) is 33.8 cm³/mol. The van der Waals surface area contributed by atoms with Crippen molar-refractivity contribution >= 4 is 33.7 Å². The number of alkyl halides is 6. The number of carbonyl (C=O) groups excluding carboxylic acids is 2. The van der Waals surface area contributed by atoms with Gasteiger partial charge in [0.2, 0.25) is 0 Å². The third kappa shape index (κ3) is 9.59. The van der Waals surface area contributed by atoms with Gasteiger partial charge >= 0.3 is 22.8 Å². The predicted octanol–water partition coefficient (Wildman–Crippen LogP) is 2.63. The molecule has 2 nitrogen and oxygen atoms in total. The van der Waals surface area contributed by atoms with Crippen LogP contribution in [0.1, 0.15) is 0 Å². The number of halogens is 8. The van der Waals surface area contributed by atoms with Crippen molar-refractivity contribution in [3.63, 3.8) is 0 Å². The average Bonchev–Trinajstić information content (AvgIpc) is 1.83. The highest BCUT2D eigenvalue weighted by atomic mass is 35.5. The molecule has 0 rings (SSSR count). The summed E-state index contributed by atoms with van der Waals surface area (Å²) in [5.74, 6) is 0. The second-order valence-corrected chi connectivity index (χ2v) is 2.23. The van der Waals surface area contributed by atoms with E-state index in [1.807, 2.05) is 0 Å². The van der Waals surface area contributed by atoms with Crippen LogP contribution in [0.2, 0.25) is 0 Å². The van der Waals surface area contributed by atoms with Crippen LogP contribution < -0.4 is 0 Å². The van der Waals surface area contributed by atoms with Crippen LogP contribution in [0.5, 0.6) is 0 Å². The molecule has 0 spiro atoms. The van der Waals surface area contributed by atoms with Crippen molar-refractivity contribution in [2.45, 2.75) is 12.4 Å². The topological polar surface area (TPSA) is 34.1 Å². The van der Waals surface area contributed by atoms with Crippen molar-refractivity contribution in [1.82, 2.24) is 0 Å². The van der Waals surface area contributed by atoms with Crippen molar-refractivity contribution in [3.8, 4) is 0 Å². The van der Waals surface area contributed by atoms with Gasteiger partial charge in [0, 0.05) is 0 Å². The molecule has 0 aromatic heterocycles. The first kappa shape index (κ1) is 15.9. The van der Waals surface area contributed by atoms with Crippen LogP contribution in [-0.4, -0.2) is 22.8 Å². The summed E-state index contributed by atoms with van der Waals surface area (Å²) >= 11 is 7.98. The summed E-state index contributed by atoms with van der Waals surface area (Å²) in [6, 6.07) is 0. The molecular formula is C4Cl2F6O2. The first-order valence-electron chi connectivity index (χ1n) is 2.42. The molecule has 0 unspecified atom stereocenters. The SMILES string of the molecule is O=C(Cl)C(F)(F)F.O=C(Cl)C(F)(F)F. The summed E-state index contributed by atoms with van der Waals surface area (Å²) in [6.07, 6.45) is -9.75. The lowest BCUT2D eigenvalue weighted by Gasteiger charge is -1.93. The van der Waals surface area contributed by atoms with E-state index in [1.54, 1.807) is 0 Å². The normalized spacial score (nSPS) is 11.4. The molecule has 0 fully saturated rings. The lowest BCUT2D eigenvalue weighted by molar-refractivity contribution is -0.161. The molecule has 0 heterocycles. The minimum atomic E-state index is -4.87. The van der Waals surface area contributed by atoms with E-state index >= 15 is 0 Å². The minimum absolute atomic E-state index is 2.28. The summed E-state index contributed by atoms with van der Waals surface area (Å²) in [5.41, 5.74) is 0. The Hall–Kier alpha value is -0.500. The number of hydrogen-bond donors (Lipinski definition) is 0. The van der Waals surface area contributed by atoms with Crippen LogP contribution in [0.4, 0.5) is 26.3 Å². The standard InChI is InChI=1S/2C2ClF3O/c2*3-1(7)2(4,5)6. The molecule has 0 aromatic rings. The third-order valence-electron chi connectivity index (χ3n) is 0.446. The van der Waals surface area contributed by atoms with E-state index in [1.165, 1.54) is 0 Å². The smallest absolute Gasteiger partial charge is 0.271 e. The molecule has 0 radical (unpaired) electrons. The Bertz CT molecular complexity index is 195. The minimum Gasteiger partial charge on any atom is -0.271 e. The fourth-order valence-electron chi connectivity index (χ4n) is 0. The first-order chi connectivity index (χ1) is 5.89. The van der Waals surface area contributed by atoms with Gasteiger partial charge in [0.15, 0.2) is 0 Å². The Morgan fingerprint density at radius 1 is 0.714 bits per heavy atom. The van der Waals surface area contributed by atoms with E-state index in [-0.39, 0.29) is 0 Å². The molecule has 0 amide bonds. The van der Waals surface area contributed by atoms with Gasteiger partial charge in [0.05, 0.1) is 0 Å². The molecule has 0 N–H and O–H groups in total. The highest BCUT2D eigenvalue weighted by molar-refractivity contribution is 6.65. The van der Waals surface area contributed by atoms with Crippen molar-refractivity contribution in [3.05, 3.63) is 0 Å². The van der Waals surface area contributed by atoms with Crippen LogP contribution in [0, 0.1) is 0 Å². The Kier molecular flexibility index (Phi) is 6.15. The van der Waals surface area contributed by atoms with E-state index in [4.69, 9.17) is 9.59 Å². The molecule has 0 aliphatic carbocycles. The van der Waals surface area contributed by atoms with Gasteiger partial charge in [-0.25, -0.2) is 0 Å².